The van der Waals surface area contributed by atoms with Gasteiger partial charge < -0.3 is 85.1 Å². The van der Waals surface area contributed by atoms with Crippen molar-refractivity contribution in [2.24, 2.45) is 0 Å². The minimum Gasteiger partial charge on any atom is -0.479 e. The number of fused-ring (bicyclic) bond motifs is 5. The molecule has 1 aliphatic carbocycles. The number of ether oxygens (including phenoxy) is 6. The summed E-state index contributed by atoms with van der Waals surface area (Å²) >= 11 is 0. The number of esters is 1. The van der Waals surface area contributed by atoms with Crippen LogP contribution in [0.15, 0.2) is 35.1 Å². The highest BCUT2D eigenvalue weighted by atomic mass is 19.1. The molecule has 4 aromatic rings. The second kappa shape index (κ2) is 27.1. The lowest BCUT2D eigenvalue weighted by molar-refractivity contribution is -0.271. The second-order valence-corrected chi connectivity index (χ2v) is 20.7. The van der Waals surface area contributed by atoms with Crippen molar-refractivity contribution in [3.05, 3.63) is 91.0 Å². The molecule has 5 heterocycles. The zero-order valence-corrected chi connectivity index (χ0v) is 46.3. The van der Waals surface area contributed by atoms with E-state index in [2.05, 4.69) is 32.5 Å². The highest BCUT2D eigenvalue weighted by Crippen LogP contribution is 2.46. The fourth-order valence-corrected chi connectivity index (χ4v) is 10.5. The molecule has 0 bridgehead atoms. The molecule has 3 aliphatic heterocycles. The number of aromatic nitrogens is 2. The number of rotatable bonds is 25. The van der Waals surface area contributed by atoms with Crippen LogP contribution in [0.5, 0.6) is 5.75 Å². The van der Waals surface area contributed by atoms with Gasteiger partial charge in [-0.15, -0.1) is 12.3 Å². The number of pyridine rings is 2. The third kappa shape index (κ3) is 13.6. The SMILES string of the molecule is C#CCCCCCC(C)OCC(=O)NCCNC(=O)c1cc(COC(=O)NCC(=O)NCOCC(=O)N[C@H]2CCc3c(C)c(F)cc4nc5c(c2c34)Cn2c-5cc3c(c2=O)COC(=O)[C@]3(O)CC)ccc1O[C@@H]1O[C@H](C(=O)O)[C@@H](O)[C@H](O)[C@H]1O. The van der Waals surface area contributed by atoms with Gasteiger partial charge in [0, 0.05) is 42.1 Å². The molecule has 2 aromatic heterocycles. The maximum atomic E-state index is 15.4. The molecule has 1 saturated heterocycles. The Morgan fingerprint density at radius 1 is 0.940 bits per heavy atom. The van der Waals surface area contributed by atoms with Crippen molar-refractivity contribution in [2.75, 3.05) is 39.6 Å². The molecule has 450 valence electrons. The van der Waals surface area contributed by atoms with Crippen molar-refractivity contribution in [3.63, 3.8) is 0 Å². The Morgan fingerprint density at radius 2 is 1.71 bits per heavy atom. The van der Waals surface area contributed by atoms with Gasteiger partial charge in [0.25, 0.3) is 11.5 Å². The monoisotopic (exact) mass is 1170 g/mol. The molecule has 10 N–H and O–H groups in total. The number of carboxylic acid groups (broad SMARTS) is 1. The zero-order chi connectivity index (χ0) is 60.6. The van der Waals surface area contributed by atoms with Gasteiger partial charge in [-0.1, -0.05) is 25.8 Å². The van der Waals surface area contributed by atoms with Gasteiger partial charge in [-0.05, 0) is 86.4 Å². The Morgan fingerprint density at radius 3 is 2.46 bits per heavy atom. The lowest BCUT2D eigenvalue weighted by Crippen LogP contribution is -2.61. The number of nitrogens with zero attached hydrogens (tertiary/aromatic N) is 2. The molecule has 0 spiro atoms. The van der Waals surface area contributed by atoms with Crippen LogP contribution in [0, 0.1) is 25.1 Å². The Balaban J connectivity index is 0.831. The molecule has 8 atom stereocenters. The van der Waals surface area contributed by atoms with Gasteiger partial charge in [-0.3, -0.25) is 24.0 Å². The number of aliphatic carboxylic acids is 1. The summed E-state index contributed by atoms with van der Waals surface area (Å²) in [7, 11) is 0. The van der Waals surface area contributed by atoms with Crippen LogP contribution in [0.1, 0.15) is 114 Å². The van der Waals surface area contributed by atoms with E-state index in [-0.39, 0.29) is 78.9 Å². The van der Waals surface area contributed by atoms with Crippen LogP contribution in [0.4, 0.5) is 9.18 Å². The van der Waals surface area contributed by atoms with E-state index in [0.29, 0.717) is 58.3 Å². The number of aryl methyl sites for hydroxylation is 1. The van der Waals surface area contributed by atoms with Crippen LogP contribution in [-0.2, 0) is 79.4 Å². The first-order valence-corrected chi connectivity index (χ1v) is 27.3. The van der Waals surface area contributed by atoms with E-state index >= 15 is 4.39 Å². The van der Waals surface area contributed by atoms with Crippen LogP contribution in [0.3, 0.4) is 0 Å². The predicted molar refractivity (Wildman–Crippen MR) is 290 cm³/mol. The van der Waals surface area contributed by atoms with Crippen molar-refractivity contribution in [3.8, 4) is 29.5 Å². The number of carbonyl (C=O) groups is 7. The number of terminal acetylenes is 1. The van der Waals surface area contributed by atoms with Crippen LogP contribution in [0.25, 0.3) is 22.3 Å². The largest absolute Gasteiger partial charge is 0.479 e. The number of nitrogens with one attached hydrogen (secondary N) is 5. The van der Waals surface area contributed by atoms with E-state index in [4.69, 9.17) is 39.8 Å². The van der Waals surface area contributed by atoms with Crippen molar-refractivity contribution < 1.29 is 91.9 Å². The number of amides is 5. The third-order valence-corrected chi connectivity index (χ3v) is 15.1. The van der Waals surface area contributed by atoms with E-state index in [1.807, 2.05) is 6.92 Å². The summed E-state index contributed by atoms with van der Waals surface area (Å²) in [5.41, 5.74) is 0.886. The molecular weight excluding hydrogens is 1110 g/mol. The summed E-state index contributed by atoms with van der Waals surface area (Å²) in [5.74, 6) is -3.31. The van der Waals surface area contributed by atoms with Crippen LogP contribution < -0.4 is 36.9 Å². The molecule has 84 heavy (non-hydrogen) atoms. The van der Waals surface area contributed by atoms with Crippen LogP contribution >= 0.6 is 0 Å². The number of cyclic esters (lactones) is 1. The zero-order valence-electron chi connectivity index (χ0n) is 46.3. The number of carbonyl (C=O) groups excluding carboxylic acids is 6. The average Bonchev–Trinajstić information content (AvgIpc) is 1.48. The van der Waals surface area contributed by atoms with Crippen molar-refractivity contribution in [1.82, 2.24) is 36.1 Å². The summed E-state index contributed by atoms with van der Waals surface area (Å²) < 4.78 is 49.3. The number of aliphatic hydroxyl groups excluding tert-OH is 3. The lowest BCUT2D eigenvalue weighted by atomic mass is 9.81. The number of aliphatic hydroxyl groups is 4. The number of hydrogen-bond acceptors (Lipinski definition) is 19. The van der Waals surface area contributed by atoms with Crippen LogP contribution in [0.2, 0.25) is 0 Å². The molecule has 0 radical (unpaired) electrons. The molecule has 1 fully saturated rings. The maximum absolute atomic E-state index is 15.4. The molecule has 2 aromatic carbocycles. The quantitative estimate of drug-likeness (QED) is 0.0167. The highest BCUT2D eigenvalue weighted by Gasteiger charge is 2.49. The normalized spacial score (nSPS) is 21.3. The molecule has 1 unspecified atom stereocenters. The van der Waals surface area contributed by atoms with E-state index in [1.54, 1.807) is 19.9 Å². The summed E-state index contributed by atoms with van der Waals surface area (Å²) in [6.07, 6.45) is -1.07. The first kappa shape index (κ1) is 62.0. The number of benzene rings is 2. The Bertz CT molecular complexity index is 3330. The lowest BCUT2D eigenvalue weighted by Gasteiger charge is -2.38. The Kier molecular flexibility index (Phi) is 20.0. The molecular formula is C57H66FN7O19. The van der Waals surface area contributed by atoms with E-state index < -0.39 is 122 Å². The highest BCUT2D eigenvalue weighted by molar-refractivity contribution is 5.97. The number of hydrogen-bond donors (Lipinski definition) is 10. The Hall–Kier alpha value is -8.10. The smallest absolute Gasteiger partial charge is 0.407 e. The molecule has 26 nitrogen and oxygen atoms in total. The summed E-state index contributed by atoms with van der Waals surface area (Å²) in [4.78, 5) is 108. The Labute approximate surface area is 479 Å². The van der Waals surface area contributed by atoms with Gasteiger partial charge >= 0.3 is 18.0 Å². The minimum absolute atomic E-state index is 0.0302. The summed E-state index contributed by atoms with van der Waals surface area (Å²) in [6, 6.07) is 5.97. The maximum Gasteiger partial charge on any atom is 0.407 e. The number of carboxylic acids is 1. The van der Waals surface area contributed by atoms with Gasteiger partial charge in [0.05, 0.1) is 46.7 Å². The van der Waals surface area contributed by atoms with Gasteiger partial charge in [-0.25, -0.2) is 23.8 Å². The number of alkyl carbamates (subject to hydrolysis) is 1. The third-order valence-electron chi connectivity index (χ3n) is 15.1. The molecule has 4 aliphatic rings. The first-order valence-electron chi connectivity index (χ1n) is 27.3. The van der Waals surface area contributed by atoms with E-state index in [1.165, 1.54) is 28.8 Å². The minimum atomic E-state index is -2.07. The number of halogens is 1. The van der Waals surface area contributed by atoms with Gasteiger partial charge in [-0.2, -0.15) is 0 Å². The topological polar surface area (TPSA) is 371 Å². The fourth-order valence-electron chi connectivity index (χ4n) is 10.5. The predicted octanol–water partition coefficient (Wildman–Crippen LogP) is 0.753. The fraction of sp³-hybridized carbons (Fsp3) is 0.491. The second-order valence-electron chi connectivity index (χ2n) is 20.7. The molecule has 8 rings (SSSR count). The van der Waals surface area contributed by atoms with Gasteiger partial charge in [0.2, 0.25) is 24.0 Å². The molecule has 5 amide bonds. The summed E-state index contributed by atoms with van der Waals surface area (Å²) in [5, 5.41) is 65.4. The molecule has 0 saturated carbocycles. The standard InChI is InChI=1S/C57H66FN7O19/c1-5-7-8-9-10-11-28(3)80-26-42(67)59-16-17-60-51(72)32-18-30(12-15-40(32)83-54-49(71)47(69)48(70)50(84-54)53(74)75)23-82-56(77)61-21-41(66)62-27-79-25-43(68)63-37-14-13-31-29(4)36(58)20-38-44(31)45(37)33-22-65-39(46(33)64-38)19-35-34(52(65)73)24-81-55(76)57(35,78)6-2/h1,12,15,18-20,28,37,47-50,54,69-71,78H,6-11,13-14,16-17,21-27H2,2-4H3,(H,59,67)(H,60,72)(H,61,77)(H,62,66)(H,63,68)(H,74,75)/t28?,37-,47-,48-,49+,50-,54+,57-/m0/s1. The van der Waals surface area contributed by atoms with Crippen LogP contribution in [-0.4, -0.2) is 153 Å². The summed E-state index contributed by atoms with van der Waals surface area (Å²) in [6.45, 7) is 2.35. The van der Waals surface area contributed by atoms with Gasteiger partial charge in [0.15, 0.2) is 11.7 Å². The molecule has 27 heteroatoms. The number of unbranched alkanes of at least 4 members (excludes halogenated alkanes) is 3. The van der Waals surface area contributed by atoms with Crippen molar-refractivity contribution in [1.29, 1.82) is 0 Å². The van der Waals surface area contributed by atoms with E-state index in [0.717, 1.165) is 25.7 Å². The first-order chi connectivity index (χ1) is 40.1. The van der Waals surface area contributed by atoms with Crippen molar-refractivity contribution >= 4 is 52.6 Å². The van der Waals surface area contributed by atoms with E-state index in [9.17, 15) is 63.9 Å². The van der Waals surface area contributed by atoms with Crippen molar-refractivity contribution in [2.45, 2.75) is 140 Å². The van der Waals surface area contributed by atoms with Gasteiger partial charge in [0.1, 0.15) is 69.6 Å². The average molecular weight is 1170 g/mol.